The number of aromatic nitrogens is 1. The minimum atomic E-state index is -0.889. The molecule has 1 amide bonds. The van der Waals surface area contributed by atoms with Gasteiger partial charge in [0.25, 0.3) is 5.78 Å². The number of nitrogens with zero attached hydrogens (tertiary/aromatic N) is 2. The van der Waals surface area contributed by atoms with Crippen molar-refractivity contribution in [3.8, 4) is 11.5 Å². The van der Waals surface area contributed by atoms with Crippen molar-refractivity contribution in [1.82, 2.24) is 4.98 Å². The highest BCUT2D eigenvalue weighted by Gasteiger charge is 2.48. The van der Waals surface area contributed by atoms with Crippen LogP contribution in [0.1, 0.15) is 47.2 Å². The molecule has 1 aliphatic heterocycles. The van der Waals surface area contributed by atoms with E-state index in [-0.39, 0.29) is 11.3 Å². The minimum Gasteiger partial charge on any atom is -0.507 e. The maximum Gasteiger partial charge on any atom is 0.301 e. The first-order valence-electron chi connectivity index (χ1n) is 12.8. The normalized spacial score (nSPS) is 16.7. The van der Waals surface area contributed by atoms with Crippen molar-refractivity contribution >= 4 is 44.1 Å². The SMILES string of the molecule is CCCOc1cccc(C2C(=C(O)c3ccc(OC)c(C)c3)C(=O)C(=O)N2c2nc3c(C)cc(C)cc3s2)c1. The molecule has 200 valence electrons. The number of ketones is 1. The molecule has 1 fully saturated rings. The number of Topliss-reactive ketones (excluding diaryl/α,β-unsaturated/α-hetero) is 1. The van der Waals surface area contributed by atoms with Crippen LogP contribution in [0.3, 0.4) is 0 Å². The average molecular weight is 543 g/mol. The molecule has 0 bridgehead atoms. The van der Waals surface area contributed by atoms with Crippen LogP contribution in [0.25, 0.3) is 16.0 Å². The predicted octanol–water partition coefficient (Wildman–Crippen LogP) is 6.65. The molecular formula is C31H30N2O5S. The molecule has 0 aliphatic carbocycles. The smallest absolute Gasteiger partial charge is 0.301 e. The number of hydrogen-bond donors (Lipinski definition) is 1. The van der Waals surface area contributed by atoms with Crippen molar-refractivity contribution in [2.75, 3.05) is 18.6 Å². The van der Waals surface area contributed by atoms with Crippen LogP contribution in [0.15, 0.2) is 60.2 Å². The van der Waals surface area contributed by atoms with Gasteiger partial charge in [0.2, 0.25) is 0 Å². The molecule has 1 N–H and O–H groups in total. The summed E-state index contributed by atoms with van der Waals surface area (Å²) in [6.07, 6.45) is 0.837. The van der Waals surface area contributed by atoms with Crippen LogP contribution in [0.4, 0.5) is 5.13 Å². The predicted molar refractivity (Wildman–Crippen MR) is 154 cm³/mol. The number of methoxy groups -OCH3 is 1. The van der Waals surface area contributed by atoms with Crippen LogP contribution in [0, 0.1) is 20.8 Å². The Morgan fingerprint density at radius 2 is 1.85 bits per heavy atom. The van der Waals surface area contributed by atoms with Crippen LogP contribution in [0.5, 0.6) is 11.5 Å². The molecule has 1 aromatic heterocycles. The van der Waals surface area contributed by atoms with Crippen LogP contribution in [-0.2, 0) is 9.59 Å². The van der Waals surface area contributed by atoms with Gasteiger partial charge < -0.3 is 14.6 Å². The van der Waals surface area contributed by atoms with E-state index in [0.29, 0.717) is 34.4 Å². The van der Waals surface area contributed by atoms with Crippen molar-refractivity contribution in [3.05, 3.63) is 88.0 Å². The molecule has 0 saturated carbocycles. The van der Waals surface area contributed by atoms with E-state index in [4.69, 9.17) is 14.5 Å². The molecule has 1 saturated heterocycles. The van der Waals surface area contributed by atoms with E-state index in [9.17, 15) is 14.7 Å². The van der Waals surface area contributed by atoms with Gasteiger partial charge in [0.15, 0.2) is 5.13 Å². The number of anilines is 1. The molecule has 7 nitrogen and oxygen atoms in total. The highest BCUT2D eigenvalue weighted by Crippen LogP contribution is 2.45. The number of carbonyl (C=O) groups excluding carboxylic acids is 2. The monoisotopic (exact) mass is 542 g/mol. The molecular weight excluding hydrogens is 512 g/mol. The van der Waals surface area contributed by atoms with Gasteiger partial charge >= 0.3 is 5.91 Å². The third-order valence-corrected chi connectivity index (χ3v) is 7.79. The number of aliphatic hydroxyl groups excluding tert-OH is 1. The Hall–Kier alpha value is -4.17. The second-order valence-electron chi connectivity index (χ2n) is 9.70. The summed E-state index contributed by atoms with van der Waals surface area (Å²) in [6.45, 7) is 8.39. The molecule has 39 heavy (non-hydrogen) atoms. The molecule has 2 heterocycles. The summed E-state index contributed by atoms with van der Waals surface area (Å²) in [6, 6.07) is 15.6. The number of amides is 1. The highest BCUT2D eigenvalue weighted by molar-refractivity contribution is 7.22. The lowest BCUT2D eigenvalue weighted by atomic mass is 9.94. The van der Waals surface area contributed by atoms with Crippen molar-refractivity contribution in [3.63, 3.8) is 0 Å². The van der Waals surface area contributed by atoms with E-state index >= 15 is 0 Å². The van der Waals surface area contributed by atoms with Crippen LogP contribution >= 0.6 is 11.3 Å². The standard InChI is InChI=1S/C31H30N2O5S/c1-6-12-38-22-9-7-8-20(16-22)27-25(28(34)21-10-11-23(37-5)18(3)15-21)29(35)30(36)33(27)31-32-26-19(4)13-17(2)14-24(26)39-31/h7-11,13-16,27,34H,6,12H2,1-5H3. The number of carbonyl (C=O) groups is 2. The van der Waals surface area contributed by atoms with E-state index < -0.39 is 17.7 Å². The highest BCUT2D eigenvalue weighted by atomic mass is 32.1. The van der Waals surface area contributed by atoms with E-state index in [2.05, 4.69) is 0 Å². The van der Waals surface area contributed by atoms with Crippen LogP contribution < -0.4 is 14.4 Å². The van der Waals surface area contributed by atoms with Crippen molar-refractivity contribution in [1.29, 1.82) is 0 Å². The summed E-state index contributed by atoms with van der Waals surface area (Å²) < 4.78 is 12.1. The third-order valence-electron chi connectivity index (χ3n) is 6.78. The minimum absolute atomic E-state index is 0.00404. The molecule has 5 rings (SSSR count). The number of aryl methyl sites for hydroxylation is 3. The van der Waals surface area contributed by atoms with Crippen molar-refractivity contribution < 1.29 is 24.2 Å². The van der Waals surface area contributed by atoms with E-state index in [1.807, 2.05) is 64.1 Å². The molecule has 0 radical (unpaired) electrons. The summed E-state index contributed by atoms with van der Waals surface area (Å²) in [5, 5.41) is 11.9. The largest absolute Gasteiger partial charge is 0.507 e. The molecule has 4 aromatic rings. The van der Waals surface area contributed by atoms with Crippen molar-refractivity contribution in [2.45, 2.75) is 40.2 Å². The van der Waals surface area contributed by atoms with Crippen molar-refractivity contribution in [2.24, 2.45) is 0 Å². The first-order chi connectivity index (χ1) is 18.7. The number of ether oxygens (including phenoxy) is 2. The number of benzene rings is 3. The molecule has 3 aromatic carbocycles. The quantitative estimate of drug-likeness (QED) is 0.160. The second kappa shape index (κ2) is 10.5. The molecule has 1 unspecified atom stereocenters. The maximum atomic E-state index is 13.6. The Labute approximate surface area is 231 Å². The zero-order chi connectivity index (χ0) is 27.8. The van der Waals surface area contributed by atoms with Gasteiger partial charge in [-0.2, -0.15) is 0 Å². The fraction of sp³-hybridized carbons (Fsp3) is 0.258. The van der Waals surface area contributed by atoms with Crippen LogP contribution in [-0.4, -0.2) is 35.5 Å². The zero-order valence-corrected chi connectivity index (χ0v) is 23.4. The number of aliphatic hydroxyl groups is 1. The zero-order valence-electron chi connectivity index (χ0n) is 22.6. The Balaban J connectivity index is 1.72. The fourth-order valence-corrected chi connectivity index (χ4v) is 6.15. The van der Waals surface area contributed by atoms with Crippen LogP contribution in [0.2, 0.25) is 0 Å². The Morgan fingerprint density at radius 3 is 2.56 bits per heavy atom. The summed E-state index contributed by atoms with van der Waals surface area (Å²) in [4.78, 5) is 33.4. The Kier molecular flexibility index (Phi) is 7.14. The maximum absolute atomic E-state index is 13.6. The summed E-state index contributed by atoms with van der Waals surface area (Å²) in [7, 11) is 1.57. The lowest BCUT2D eigenvalue weighted by molar-refractivity contribution is -0.132. The topological polar surface area (TPSA) is 89.0 Å². The van der Waals surface area contributed by atoms with Gasteiger partial charge in [0.1, 0.15) is 17.3 Å². The van der Waals surface area contributed by atoms with Gasteiger partial charge in [0.05, 0.1) is 35.5 Å². The van der Waals surface area contributed by atoms with Gasteiger partial charge in [-0.05, 0) is 85.8 Å². The molecule has 0 spiro atoms. The van der Waals surface area contributed by atoms with E-state index in [0.717, 1.165) is 33.3 Å². The molecule has 8 heteroatoms. The number of fused-ring (bicyclic) bond motifs is 1. The Bertz CT molecular complexity index is 1640. The Morgan fingerprint density at radius 1 is 1.05 bits per heavy atom. The first kappa shape index (κ1) is 26.4. The third kappa shape index (κ3) is 4.76. The lowest BCUT2D eigenvalue weighted by Gasteiger charge is -2.23. The average Bonchev–Trinajstić information content (AvgIpc) is 3.45. The van der Waals surface area contributed by atoms with E-state index in [1.54, 1.807) is 25.3 Å². The van der Waals surface area contributed by atoms with Gasteiger partial charge in [0, 0.05) is 5.56 Å². The van der Waals surface area contributed by atoms with Gasteiger partial charge in [-0.3, -0.25) is 14.5 Å². The number of hydrogen-bond acceptors (Lipinski definition) is 7. The van der Waals surface area contributed by atoms with E-state index in [1.165, 1.54) is 16.2 Å². The van der Waals surface area contributed by atoms with Gasteiger partial charge in [-0.15, -0.1) is 0 Å². The second-order valence-corrected chi connectivity index (χ2v) is 10.7. The summed E-state index contributed by atoms with van der Waals surface area (Å²) in [5.41, 5.74) is 4.72. The first-order valence-corrected chi connectivity index (χ1v) is 13.6. The van der Waals surface area contributed by atoms with Gasteiger partial charge in [-0.1, -0.05) is 36.5 Å². The number of thiazole rings is 1. The van der Waals surface area contributed by atoms with Gasteiger partial charge in [-0.25, -0.2) is 4.98 Å². The lowest BCUT2D eigenvalue weighted by Crippen LogP contribution is -2.29. The molecule has 1 aliphatic rings. The fourth-order valence-electron chi connectivity index (χ4n) is 4.98. The summed E-state index contributed by atoms with van der Waals surface area (Å²) in [5.74, 6) is -0.474. The summed E-state index contributed by atoms with van der Waals surface area (Å²) >= 11 is 1.35. The molecule has 1 atom stereocenters. The number of rotatable bonds is 7.